The Bertz CT molecular complexity index is 575. The second-order valence-corrected chi connectivity index (χ2v) is 10.2. The summed E-state index contributed by atoms with van der Waals surface area (Å²) in [6.45, 7) is 9.25. The zero-order chi connectivity index (χ0) is 12.9. The molecule has 1 N–H and O–H groups in total. The van der Waals surface area contributed by atoms with Crippen LogP contribution in [0.25, 0.3) is 0 Å². The van der Waals surface area contributed by atoms with E-state index in [0.717, 1.165) is 0 Å². The number of rotatable bonds is 0. The van der Waals surface area contributed by atoms with Gasteiger partial charge in [-0.05, 0) is 36.4 Å². The molecule has 0 unspecified atom stereocenters. The lowest BCUT2D eigenvalue weighted by molar-refractivity contribution is 1.43. The summed E-state index contributed by atoms with van der Waals surface area (Å²) in [5, 5.41) is 6.64. The topological polar surface area (TPSA) is 12.0 Å². The van der Waals surface area contributed by atoms with Crippen LogP contribution in [0.3, 0.4) is 0 Å². The maximum Gasteiger partial charge on any atom is 0.117 e. The molecule has 2 aromatic carbocycles. The van der Waals surface area contributed by atoms with E-state index in [0.29, 0.717) is 0 Å². The van der Waals surface area contributed by atoms with Crippen molar-refractivity contribution in [1.29, 1.82) is 0 Å². The molecule has 1 aliphatic rings. The summed E-state index contributed by atoms with van der Waals surface area (Å²) in [7, 11) is -1.56. The minimum absolute atomic E-state index is 1.30. The largest absolute Gasteiger partial charge is 0.356 e. The smallest absolute Gasteiger partial charge is 0.117 e. The van der Waals surface area contributed by atoms with Crippen molar-refractivity contribution in [1.82, 2.24) is 0 Å². The molecule has 0 radical (unpaired) electrons. The summed E-state index contributed by atoms with van der Waals surface area (Å²) in [5.74, 6) is 0. The van der Waals surface area contributed by atoms with Crippen LogP contribution in [0, 0.1) is 13.8 Å². The van der Waals surface area contributed by atoms with Crippen LogP contribution in [0.4, 0.5) is 11.4 Å². The van der Waals surface area contributed by atoms with E-state index in [-0.39, 0.29) is 0 Å². The van der Waals surface area contributed by atoms with Crippen LogP contribution in [-0.2, 0) is 0 Å². The summed E-state index contributed by atoms with van der Waals surface area (Å²) in [5.41, 5.74) is 5.31. The number of fused-ring (bicyclic) bond motifs is 2. The number of benzene rings is 2. The number of anilines is 2. The molecule has 0 aliphatic carbocycles. The first kappa shape index (κ1) is 11.5. The molecule has 0 saturated carbocycles. The van der Waals surface area contributed by atoms with Gasteiger partial charge in [-0.25, -0.2) is 0 Å². The molecule has 0 amide bonds. The Hall–Kier alpha value is -1.54. The van der Waals surface area contributed by atoms with Gasteiger partial charge in [0.25, 0.3) is 0 Å². The molecule has 1 aliphatic heterocycles. The Morgan fingerprint density at radius 1 is 0.778 bits per heavy atom. The molecule has 0 atom stereocenters. The Labute approximate surface area is 110 Å². The van der Waals surface area contributed by atoms with E-state index in [2.05, 4.69) is 68.7 Å². The van der Waals surface area contributed by atoms with Gasteiger partial charge in [-0.15, -0.1) is 0 Å². The van der Waals surface area contributed by atoms with Crippen molar-refractivity contribution in [3.63, 3.8) is 0 Å². The number of hydrogen-bond donors (Lipinski definition) is 1. The highest BCUT2D eigenvalue weighted by Crippen LogP contribution is 2.26. The predicted octanol–water partition coefficient (Wildman–Crippen LogP) is 3.18. The molecule has 0 aromatic heterocycles. The van der Waals surface area contributed by atoms with Gasteiger partial charge in [0, 0.05) is 11.4 Å². The maximum atomic E-state index is 3.59. The Balaban J connectivity index is 2.27. The predicted molar refractivity (Wildman–Crippen MR) is 82.4 cm³/mol. The van der Waals surface area contributed by atoms with E-state index in [4.69, 9.17) is 0 Å². The SMILES string of the molecule is Cc1ccc2c(c1)[Si](C)(C)c1cc(C)ccc1N2. The van der Waals surface area contributed by atoms with Gasteiger partial charge in [-0.3, -0.25) is 0 Å². The van der Waals surface area contributed by atoms with E-state index in [9.17, 15) is 0 Å². The van der Waals surface area contributed by atoms with Crippen molar-refractivity contribution in [3.8, 4) is 0 Å². The molecule has 3 rings (SSSR count). The zero-order valence-corrected chi connectivity index (χ0v) is 12.5. The lowest BCUT2D eigenvalue weighted by Gasteiger charge is -2.34. The number of nitrogens with one attached hydrogen (secondary N) is 1. The first-order chi connectivity index (χ1) is 8.48. The molecule has 92 valence electrons. The zero-order valence-electron chi connectivity index (χ0n) is 11.5. The van der Waals surface area contributed by atoms with Gasteiger partial charge < -0.3 is 5.32 Å². The third kappa shape index (κ3) is 1.60. The van der Waals surface area contributed by atoms with Gasteiger partial charge in [-0.1, -0.05) is 48.5 Å². The van der Waals surface area contributed by atoms with Gasteiger partial charge >= 0.3 is 0 Å². The van der Waals surface area contributed by atoms with E-state index >= 15 is 0 Å². The Morgan fingerprint density at radius 3 is 1.67 bits per heavy atom. The third-order valence-corrected chi connectivity index (χ3v) is 7.49. The number of hydrogen-bond acceptors (Lipinski definition) is 1. The maximum absolute atomic E-state index is 3.59. The Morgan fingerprint density at radius 2 is 1.22 bits per heavy atom. The monoisotopic (exact) mass is 253 g/mol. The van der Waals surface area contributed by atoms with Crippen LogP contribution >= 0.6 is 0 Å². The molecular weight excluding hydrogens is 234 g/mol. The molecule has 2 aromatic rings. The van der Waals surface area contributed by atoms with Gasteiger partial charge in [0.2, 0.25) is 0 Å². The Kier molecular flexibility index (Phi) is 2.39. The van der Waals surface area contributed by atoms with Gasteiger partial charge in [0.05, 0.1) is 0 Å². The fourth-order valence-electron chi connectivity index (χ4n) is 2.86. The van der Waals surface area contributed by atoms with E-state index in [1.807, 2.05) is 0 Å². The summed E-state index contributed by atoms with van der Waals surface area (Å²) in [6, 6.07) is 13.6. The van der Waals surface area contributed by atoms with Crippen LogP contribution in [-0.4, -0.2) is 8.07 Å². The second kappa shape index (κ2) is 3.72. The van der Waals surface area contributed by atoms with Crippen LogP contribution in [0.2, 0.25) is 13.1 Å². The summed E-state index contributed by atoms with van der Waals surface area (Å²) >= 11 is 0. The average Bonchev–Trinajstić information content (AvgIpc) is 2.32. The van der Waals surface area contributed by atoms with E-state index in [1.165, 1.54) is 32.9 Å². The average molecular weight is 253 g/mol. The van der Waals surface area contributed by atoms with Crippen LogP contribution in [0.1, 0.15) is 11.1 Å². The summed E-state index contributed by atoms with van der Waals surface area (Å²) in [6.07, 6.45) is 0. The third-order valence-electron chi connectivity index (χ3n) is 3.97. The van der Waals surface area contributed by atoms with Crippen molar-refractivity contribution in [2.45, 2.75) is 26.9 Å². The van der Waals surface area contributed by atoms with Crippen molar-refractivity contribution in [3.05, 3.63) is 47.5 Å². The van der Waals surface area contributed by atoms with Crippen molar-refractivity contribution in [2.75, 3.05) is 5.32 Å². The lowest BCUT2D eigenvalue weighted by Crippen LogP contribution is -2.57. The molecule has 1 heterocycles. The normalized spacial score (nSPS) is 15.6. The highest BCUT2D eigenvalue weighted by Gasteiger charge is 2.34. The van der Waals surface area contributed by atoms with Crippen molar-refractivity contribution >= 4 is 29.8 Å². The lowest BCUT2D eigenvalue weighted by atomic mass is 10.2. The highest BCUT2D eigenvalue weighted by atomic mass is 28.3. The van der Waals surface area contributed by atoms with Gasteiger partial charge in [0.1, 0.15) is 8.07 Å². The quantitative estimate of drug-likeness (QED) is 0.711. The highest BCUT2D eigenvalue weighted by molar-refractivity contribution is 7.02. The summed E-state index contributed by atoms with van der Waals surface area (Å²) in [4.78, 5) is 0. The molecule has 0 saturated heterocycles. The van der Waals surface area contributed by atoms with Gasteiger partial charge in [-0.2, -0.15) is 0 Å². The second-order valence-electron chi connectivity index (χ2n) is 5.85. The first-order valence-electron chi connectivity index (χ1n) is 6.48. The molecule has 0 fully saturated rings. The van der Waals surface area contributed by atoms with Crippen LogP contribution in [0.15, 0.2) is 36.4 Å². The van der Waals surface area contributed by atoms with Crippen LogP contribution in [0.5, 0.6) is 0 Å². The fraction of sp³-hybridized carbons (Fsp3) is 0.250. The first-order valence-corrected chi connectivity index (χ1v) is 9.48. The number of aryl methyl sites for hydroxylation is 2. The molecule has 1 nitrogen and oxygen atoms in total. The molecule has 0 spiro atoms. The van der Waals surface area contributed by atoms with Crippen molar-refractivity contribution in [2.24, 2.45) is 0 Å². The molecule has 0 bridgehead atoms. The standard InChI is InChI=1S/C16H19NSi/c1-11-5-7-13-15(9-11)18(3,4)16-10-12(2)6-8-14(16)17-13/h5-10,17H,1-4H3. The summed E-state index contributed by atoms with van der Waals surface area (Å²) < 4.78 is 0. The van der Waals surface area contributed by atoms with E-state index < -0.39 is 8.07 Å². The minimum atomic E-state index is -1.56. The molecule has 2 heteroatoms. The molecular formula is C16H19NSi. The van der Waals surface area contributed by atoms with Gasteiger partial charge in [0.15, 0.2) is 0 Å². The van der Waals surface area contributed by atoms with Crippen LogP contribution < -0.4 is 15.7 Å². The molecule has 18 heavy (non-hydrogen) atoms. The van der Waals surface area contributed by atoms with E-state index in [1.54, 1.807) is 0 Å². The fourth-order valence-corrected chi connectivity index (χ4v) is 5.96. The van der Waals surface area contributed by atoms with Crippen molar-refractivity contribution < 1.29 is 0 Å². The minimum Gasteiger partial charge on any atom is -0.356 e.